The number of hydrogen-bond acceptors (Lipinski definition) is 7. The summed E-state index contributed by atoms with van der Waals surface area (Å²) in [7, 11) is -3.09. The Morgan fingerprint density at radius 3 is 2.40 bits per heavy atom. The molecule has 232 valence electrons. The molecule has 1 atom stereocenters. The summed E-state index contributed by atoms with van der Waals surface area (Å²) in [4.78, 5) is 27.0. The Bertz CT molecular complexity index is 1540. The number of thiophene rings is 1. The van der Waals surface area contributed by atoms with Crippen molar-refractivity contribution in [3.63, 3.8) is 0 Å². The van der Waals surface area contributed by atoms with E-state index >= 15 is 0 Å². The predicted octanol–water partition coefficient (Wildman–Crippen LogP) is 6.49. The second kappa shape index (κ2) is 13.7. The molecule has 1 aliphatic rings. The van der Waals surface area contributed by atoms with E-state index in [0.717, 1.165) is 42.0 Å². The molecule has 1 aliphatic heterocycles. The van der Waals surface area contributed by atoms with Crippen molar-refractivity contribution in [2.24, 2.45) is 0 Å². The minimum Gasteiger partial charge on any atom is -0.492 e. The van der Waals surface area contributed by atoms with Gasteiger partial charge in [0.25, 0.3) is 5.91 Å². The molecule has 14 heteroatoms. The Balaban J connectivity index is 1.66. The molecule has 0 spiro atoms. The molecule has 1 unspecified atom stereocenters. The molecule has 1 aromatic heterocycles. The Labute approximate surface area is 257 Å². The molecule has 8 nitrogen and oxygen atoms in total. The van der Waals surface area contributed by atoms with Crippen LogP contribution in [0.25, 0.3) is 0 Å². The number of benzene rings is 2. The molecular weight excluding hydrogens is 629 g/mol. The second-order valence-electron chi connectivity index (χ2n) is 9.90. The van der Waals surface area contributed by atoms with E-state index in [2.05, 4.69) is 0 Å². The number of nitrogens with zero attached hydrogens (tertiary/aromatic N) is 2. The number of rotatable bonds is 10. The average Bonchev–Trinajstić information content (AvgIpc) is 3.37. The molecule has 4 rings (SSSR count). The van der Waals surface area contributed by atoms with Gasteiger partial charge in [0.15, 0.2) is 0 Å². The van der Waals surface area contributed by atoms with Gasteiger partial charge >= 0.3 is 12.1 Å². The van der Waals surface area contributed by atoms with Crippen LogP contribution in [0.4, 0.5) is 13.2 Å². The van der Waals surface area contributed by atoms with Crippen molar-refractivity contribution in [2.45, 2.75) is 49.8 Å². The van der Waals surface area contributed by atoms with Gasteiger partial charge in [-0.1, -0.05) is 30.7 Å². The third-order valence-electron chi connectivity index (χ3n) is 6.92. The highest BCUT2D eigenvalue weighted by molar-refractivity contribution is 7.89. The molecule has 0 aliphatic carbocycles. The molecule has 0 bridgehead atoms. The van der Waals surface area contributed by atoms with E-state index in [0.29, 0.717) is 46.5 Å². The van der Waals surface area contributed by atoms with Crippen LogP contribution < -0.4 is 4.74 Å². The lowest BCUT2D eigenvalue weighted by Gasteiger charge is -2.38. The zero-order chi connectivity index (χ0) is 31.4. The number of amides is 1. The van der Waals surface area contributed by atoms with E-state index in [1.54, 1.807) is 23.1 Å². The molecule has 2 heterocycles. The lowest BCUT2D eigenvalue weighted by molar-refractivity contribution is -0.137. The third-order valence-corrected chi connectivity index (χ3v) is 10.1. The van der Waals surface area contributed by atoms with Crippen LogP contribution in [0.15, 0.2) is 59.5 Å². The molecule has 1 saturated heterocycles. The zero-order valence-electron chi connectivity index (χ0n) is 23.4. The minimum absolute atomic E-state index is 0.0433. The smallest absolute Gasteiger partial charge is 0.416 e. The van der Waals surface area contributed by atoms with Gasteiger partial charge in [-0.05, 0) is 61.2 Å². The number of carbonyl (C=O) groups excluding carboxylic acids is 2. The van der Waals surface area contributed by atoms with Gasteiger partial charge in [-0.2, -0.15) is 17.5 Å². The van der Waals surface area contributed by atoms with Gasteiger partial charge in [0, 0.05) is 31.7 Å². The van der Waals surface area contributed by atoms with Gasteiger partial charge in [0.05, 0.1) is 34.1 Å². The fourth-order valence-corrected chi connectivity index (χ4v) is 7.50. The van der Waals surface area contributed by atoms with Crippen LogP contribution in [0.5, 0.6) is 5.75 Å². The van der Waals surface area contributed by atoms with Crippen LogP contribution >= 0.6 is 22.9 Å². The summed E-state index contributed by atoms with van der Waals surface area (Å²) in [6, 6.07) is 10.4. The normalized spacial score (nSPS) is 15.9. The quantitative estimate of drug-likeness (QED) is 0.231. The number of alkyl halides is 3. The first-order valence-electron chi connectivity index (χ1n) is 13.4. The van der Waals surface area contributed by atoms with Gasteiger partial charge in [0.2, 0.25) is 10.0 Å². The summed E-state index contributed by atoms with van der Waals surface area (Å²) < 4.78 is 79.5. The number of hydrogen-bond donors (Lipinski definition) is 0. The van der Waals surface area contributed by atoms with Crippen molar-refractivity contribution in [1.29, 1.82) is 0 Å². The second-order valence-corrected chi connectivity index (χ2v) is 13.5. The summed E-state index contributed by atoms with van der Waals surface area (Å²) in [6.45, 7) is 2.60. The molecule has 1 fully saturated rings. The highest BCUT2D eigenvalue weighted by Gasteiger charge is 2.37. The summed E-state index contributed by atoms with van der Waals surface area (Å²) in [5.74, 6) is -0.538. The number of carbonyl (C=O) groups is 2. The van der Waals surface area contributed by atoms with Gasteiger partial charge < -0.3 is 14.4 Å². The first-order chi connectivity index (χ1) is 20.3. The van der Waals surface area contributed by atoms with Crippen molar-refractivity contribution in [1.82, 2.24) is 9.21 Å². The summed E-state index contributed by atoms with van der Waals surface area (Å²) >= 11 is 7.26. The van der Waals surface area contributed by atoms with E-state index in [9.17, 15) is 31.2 Å². The Morgan fingerprint density at radius 2 is 1.79 bits per heavy atom. The number of sulfonamides is 1. The van der Waals surface area contributed by atoms with Crippen molar-refractivity contribution < 1.29 is 40.7 Å². The van der Waals surface area contributed by atoms with Crippen molar-refractivity contribution in [3.05, 3.63) is 80.5 Å². The fourth-order valence-electron chi connectivity index (χ4n) is 4.74. The van der Waals surface area contributed by atoms with Crippen LogP contribution in [0.2, 0.25) is 4.34 Å². The SMILES string of the molecule is CCCOc1cc(Cl)sc1C(=O)N1CCCC(N(Cc2ccc(C(=O)OC)cc2)S(=O)(=O)c2ccc(C(F)(F)F)cc2)C1. The number of methoxy groups -OCH3 is 1. The highest BCUT2D eigenvalue weighted by atomic mass is 35.5. The Kier molecular flexibility index (Phi) is 10.4. The molecule has 3 aromatic rings. The van der Waals surface area contributed by atoms with Gasteiger partial charge in [-0.3, -0.25) is 4.79 Å². The summed E-state index contributed by atoms with van der Waals surface area (Å²) in [5, 5.41) is 0. The number of piperidine rings is 1. The lowest BCUT2D eigenvalue weighted by atomic mass is 10.0. The van der Waals surface area contributed by atoms with Gasteiger partial charge in [-0.15, -0.1) is 11.3 Å². The standard InChI is InChI=1S/C29H30ClF3N2O6S2/c1-3-15-41-24-16-25(30)42-26(24)27(36)34-14-4-5-22(18-34)35(17-19-6-8-20(9-7-19)28(37)40-2)43(38,39)23-12-10-21(11-13-23)29(31,32)33/h6-13,16,22H,3-5,14-15,17-18H2,1-2H3. The van der Waals surface area contributed by atoms with E-state index in [4.69, 9.17) is 21.1 Å². The zero-order valence-corrected chi connectivity index (χ0v) is 25.8. The molecule has 0 N–H and O–H groups in total. The van der Waals surface area contributed by atoms with Gasteiger partial charge in [-0.25, -0.2) is 13.2 Å². The number of likely N-dealkylation sites (tertiary alicyclic amines) is 1. The van der Waals surface area contributed by atoms with E-state index < -0.39 is 33.8 Å². The molecule has 1 amide bonds. The Hall–Kier alpha value is -3.13. The van der Waals surface area contributed by atoms with E-state index in [-0.39, 0.29) is 29.5 Å². The topological polar surface area (TPSA) is 93.2 Å². The first kappa shape index (κ1) is 32.8. The highest BCUT2D eigenvalue weighted by Crippen LogP contribution is 2.36. The van der Waals surface area contributed by atoms with Crippen LogP contribution in [0, 0.1) is 0 Å². The summed E-state index contributed by atoms with van der Waals surface area (Å²) in [6.07, 6.45) is -3.00. The maximum absolute atomic E-state index is 14.0. The largest absolute Gasteiger partial charge is 0.492 e. The van der Waals surface area contributed by atoms with Crippen molar-refractivity contribution >= 4 is 44.8 Å². The summed E-state index contributed by atoms with van der Waals surface area (Å²) in [5.41, 5.74) is -0.165. The maximum Gasteiger partial charge on any atom is 0.416 e. The number of esters is 1. The van der Waals surface area contributed by atoms with E-state index in [1.165, 1.54) is 23.5 Å². The first-order valence-corrected chi connectivity index (χ1v) is 16.1. The number of ether oxygens (including phenoxy) is 2. The lowest BCUT2D eigenvalue weighted by Crippen LogP contribution is -2.51. The van der Waals surface area contributed by atoms with Crippen LogP contribution in [-0.2, 0) is 27.5 Å². The van der Waals surface area contributed by atoms with Crippen molar-refractivity contribution in [2.75, 3.05) is 26.8 Å². The molecule has 0 saturated carbocycles. The van der Waals surface area contributed by atoms with E-state index in [1.807, 2.05) is 6.92 Å². The molecular formula is C29H30ClF3N2O6S2. The third kappa shape index (κ3) is 7.69. The monoisotopic (exact) mass is 658 g/mol. The average molecular weight is 659 g/mol. The molecule has 2 aromatic carbocycles. The van der Waals surface area contributed by atoms with Crippen LogP contribution in [0.1, 0.15) is 57.3 Å². The Morgan fingerprint density at radius 1 is 1.12 bits per heavy atom. The molecule has 0 radical (unpaired) electrons. The maximum atomic E-state index is 14.0. The van der Waals surface area contributed by atoms with Crippen molar-refractivity contribution in [3.8, 4) is 5.75 Å². The van der Waals surface area contributed by atoms with Gasteiger partial charge in [0.1, 0.15) is 10.6 Å². The van der Waals surface area contributed by atoms with Crippen LogP contribution in [-0.4, -0.2) is 62.3 Å². The molecule has 43 heavy (non-hydrogen) atoms. The predicted molar refractivity (Wildman–Crippen MR) is 156 cm³/mol. The fraction of sp³-hybridized carbons (Fsp3) is 0.379. The minimum atomic E-state index is -4.63. The van der Waals surface area contributed by atoms with Crippen LogP contribution in [0.3, 0.4) is 0 Å². The number of halogens is 4.